The average Bonchev–Trinajstić information content (AvgIpc) is 2.32. The zero-order valence-electron chi connectivity index (χ0n) is 9.76. The molecule has 0 bridgehead atoms. The van der Waals surface area contributed by atoms with Gasteiger partial charge in [-0.05, 0) is 12.0 Å². The molecule has 1 atom stereocenters. The summed E-state index contributed by atoms with van der Waals surface area (Å²) < 4.78 is 1.25. The standard InChI is InChI=1S/C11H14N4O3/c12-3-4-15-10(17)5-7(6-13-15)8-1-2-9(16)14-11(8)18/h5-6,8H,1-4,12H2,(H,14,16,18). The number of piperidine rings is 1. The van der Waals surface area contributed by atoms with Crippen molar-refractivity contribution in [3.05, 3.63) is 28.2 Å². The molecule has 1 aromatic heterocycles. The maximum Gasteiger partial charge on any atom is 0.267 e. The number of hydrogen-bond donors (Lipinski definition) is 2. The number of rotatable bonds is 3. The first-order valence-electron chi connectivity index (χ1n) is 5.72. The number of hydrogen-bond acceptors (Lipinski definition) is 5. The second-order valence-electron chi connectivity index (χ2n) is 4.14. The minimum atomic E-state index is -0.476. The highest BCUT2D eigenvalue weighted by Gasteiger charge is 2.28. The Kier molecular flexibility index (Phi) is 3.52. The normalized spacial score (nSPS) is 19.7. The SMILES string of the molecule is NCCn1ncc(C2CCC(=O)NC2=O)cc1=O. The summed E-state index contributed by atoms with van der Waals surface area (Å²) >= 11 is 0. The van der Waals surface area contributed by atoms with E-state index in [1.807, 2.05) is 0 Å². The third kappa shape index (κ3) is 2.45. The van der Waals surface area contributed by atoms with Gasteiger partial charge >= 0.3 is 0 Å². The summed E-state index contributed by atoms with van der Waals surface area (Å²) in [6.45, 7) is 0.666. The van der Waals surface area contributed by atoms with Gasteiger partial charge in [-0.15, -0.1) is 0 Å². The fourth-order valence-corrected chi connectivity index (χ4v) is 1.94. The van der Waals surface area contributed by atoms with E-state index in [-0.39, 0.29) is 23.8 Å². The van der Waals surface area contributed by atoms with E-state index in [0.29, 0.717) is 25.1 Å². The Morgan fingerprint density at radius 1 is 1.44 bits per heavy atom. The lowest BCUT2D eigenvalue weighted by molar-refractivity contribution is -0.134. The number of carbonyl (C=O) groups is 2. The third-order valence-electron chi connectivity index (χ3n) is 2.87. The van der Waals surface area contributed by atoms with Crippen LogP contribution in [0.3, 0.4) is 0 Å². The van der Waals surface area contributed by atoms with Gasteiger partial charge in [0.1, 0.15) is 0 Å². The summed E-state index contributed by atoms with van der Waals surface area (Å²) in [7, 11) is 0. The van der Waals surface area contributed by atoms with Crippen molar-refractivity contribution in [3.63, 3.8) is 0 Å². The highest BCUT2D eigenvalue weighted by atomic mass is 16.2. The van der Waals surface area contributed by atoms with Crippen molar-refractivity contribution < 1.29 is 9.59 Å². The zero-order chi connectivity index (χ0) is 13.1. The number of nitrogens with one attached hydrogen (secondary N) is 1. The molecule has 7 nitrogen and oxygen atoms in total. The van der Waals surface area contributed by atoms with Crippen LogP contribution in [0.15, 0.2) is 17.1 Å². The van der Waals surface area contributed by atoms with Crippen molar-refractivity contribution in [1.29, 1.82) is 0 Å². The van der Waals surface area contributed by atoms with Gasteiger partial charge < -0.3 is 5.73 Å². The van der Waals surface area contributed by atoms with Crippen LogP contribution >= 0.6 is 0 Å². The molecule has 2 heterocycles. The Balaban J connectivity index is 2.24. The lowest BCUT2D eigenvalue weighted by atomic mass is 9.92. The number of aromatic nitrogens is 2. The van der Waals surface area contributed by atoms with E-state index >= 15 is 0 Å². The van der Waals surface area contributed by atoms with Crippen LogP contribution < -0.4 is 16.6 Å². The molecule has 0 radical (unpaired) electrons. The number of imide groups is 1. The predicted octanol–water partition coefficient (Wildman–Crippen LogP) is -1.28. The van der Waals surface area contributed by atoms with Gasteiger partial charge in [0.05, 0.1) is 18.7 Å². The minimum absolute atomic E-state index is 0.277. The van der Waals surface area contributed by atoms with Gasteiger partial charge in [0, 0.05) is 19.0 Å². The molecule has 1 unspecified atom stereocenters. The quantitative estimate of drug-likeness (QED) is 0.650. The van der Waals surface area contributed by atoms with Gasteiger partial charge in [-0.3, -0.25) is 19.7 Å². The third-order valence-corrected chi connectivity index (χ3v) is 2.87. The smallest absolute Gasteiger partial charge is 0.267 e. The van der Waals surface area contributed by atoms with Crippen LogP contribution in [0.4, 0.5) is 0 Å². The van der Waals surface area contributed by atoms with Crippen LogP contribution in [0.2, 0.25) is 0 Å². The number of amides is 2. The summed E-state index contributed by atoms with van der Waals surface area (Å²) in [5.74, 6) is -1.12. The maximum absolute atomic E-state index is 11.7. The molecule has 96 valence electrons. The molecule has 1 aliphatic rings. The van der Waals surface area contributed by atoms with Crippen LogP contribution in [0.1, 0.15) is 24.3 Å². The monoisotopic (exact) mass is 250 g/mol. The van der Waals surface area contributed by atoms with Crippen molar-refractivity contribution in [1.82, 2.24) is 15.1 Å². The molecule has 1 fully saturated rings. The van der Waals surface area contributed by atoms with Crippen LogP contribution in [-0.2, 0) is 16.1 Å². The number of carbonyl (C=O) groups excluding carboxylic acids is 2. The molecule has 7 heteroatoms. The van der Waals surface area contributed by atoms with Crippen molar-refractivity contribution in [2.75, 3.05) is 6.54 Å². The first-order valence-corrected chi connectivity index (χ1v) is 5.72. The molecule has 3 N–H and O–H groups in total. The molecule has 1 aliphatic heterocycles. The first kappa shape index (κ1) is 12.4. The fraction of sp³-hybridized carbons (Fsp3) is 0.455. The summed E-state index contributed by atoms with van der Waals surface area (Å²) in [6.07, 6.45) is 2.17. The van der Waals surface area contributed by atoms with Gasteiger partial charge in [-0.1, -0.05) is 0 Å². The topological polar surface area (TPSA) is 107 Å². The van der Waals surface area contributed by atoms with E-state index in [2.05, 4.69) is 10.4 Å². The average molecular weight is 250 g/mol. The van der Waals surface area contributed by atoms with Crippen LogP contribution in [0, 0.1) is 0 Å². The lowest BCUT2D eigenvalue weighted by Crippen LogP contribution is -2.40. The molecule has 1 aromatic rings. The first-order chi connectivity index (χ1) is 8.61. The second-order valence-corrected chi connectivity index (χ2v) is 4.14. The molecule has 2 rings (SSSR count). The Hall–Kier alpha value is -2.02. The Labute approximate surface area is 103 Å². The summed E-state index contributed by atoms with van der Waals surface area (Å²) in [6, 6.07) is 1.38. The molecule has 1 saturated heterocycles. The molecule has 0 aromatic carbocycles. The highest BCUT2D eigenvalue weighted by Crippen LogP contribution is 2.22. The molecular weight excluding hydrogens is 236 g/mol. The van der Waals surface area contributed by atoms with Gasteiger partial charge in [0.15, 0.2) is 0 Å². The van der Waals surface area contributed by atoms with E-state index in [9.17, 15) is 14.4 Å². The van der Waals surface area contributed by atoms with Crippen molar-refractivity contribution in [2.45, 2.75) is 25.3 Å². The van der Waals surface area contributed by atoms with Crippen molar-refractivity contribution >= 4 is 11.8 Å². The van der Waals surface area contributed by atoms with Gasteiger partial charge in [0.25, 0.3) is 5.56 Å². The molecular formula is C11H14N4O3. The van der Waals surface area contributed by atoms with E-state index in [4.69, 9.17) is 5.73 Å². The van der Waals surface area contributed by atoms with Crippen LogP contribution in [0.25, 0.3) is 0 Å². The van der Waals surface area contributed by atoms with E-state index in [1.54, 1.807) is 0 Å². The summed E-state index contributed by atoms with van der Waals surface area (Å²) in [5, 5.41) is 6.21. The number of nitrogens with two attached hydrogens (primary N) is 1. The van der Waals surface area contributed by atoms with E-state index < -0.39 is 5.92 Å². The number of nitrogens with zero attached hydrogens (tertiary/aromatic N) is 2. The van der Waals surface area contributed by atoms with Crippen molar-refractivity contribution in [3.8, 4) is 0 Å². The molecule has 2 amide bonds. The van der Waals surface area contributed by atoms with Gasteiger partial charge in [0.2, 0.25) is 11.8 Å². The Morgan fingerprint density at radius 3 is 2.83 bits per heavy atom. The lowest BCUT2D eigenvalue weighted by Gasteiger charge is -2.20. The largest absolute Gasteiger partial charge is 0.329 e. The molecule has 0 aliphatic carbocycles. The Morgan fingerprint density at radius 2 is 2.22 bits per heavy atom. The zero-order valence-corrected chi connectivity index (χ0v) is 9.76. The predicted molar refractivity (Wildman–Crippen MR) is 62.7 cm³/mol. The highest BCUT2D eigenvalue weighted by molar-refractivity contribution is 6.00. The Bertz CT molecular complexity index is 537. The van der Waals surface area contributed by atoms with E-state index in [1.165, 1.54) is 16.9 Å². The maximum atomic E-state index is 11.7. The van der Waals surface area contributed by atoms with Crippen LogP contribution in [-0.4, -0.2) is 28.1 Å². The van der Waals surface area contributed by atoms with Crippen molar-refractivity contribution in [2.24, 2.45) is 5.73 Å². The molecule has 0 spiro atoms. The summed E-state index contributed by atoms with van der Waals surface area (Å²) in [4.78, 5) is 34.4. The second kappa shape index (κ2) is 5.09. The molecule has 18 heavy (non-hydrogen) atoms. The molecule has 0 saturated carbocycles. The fourth-order valence-electron chi connectivity index (χ4n) is 1.94. The summed E-state index contributed by atoms with van der Waals surface area (Å²) in [5.41, 5.74) is 5.60. The van der Waals surface area contributed by atoms with Gasteiger partial charge in [-0.25, -0.2) is 4.68 Å². The minimum Gasteiger partial charge on any atom is -0.329 e. The van der Waals surface area contributed by atoms with Crippen LogP contribution in [0.5, 0.6) is 0 Å². The van der Waals surface area contributed by atoms with Gasteiger partial charge in [-0.2, -0.15) is 5.10 Å². The van der Waals surface area contributed by atoms with E-state index in [0.717, 1.165) is 0 Å².